The van der Waals surface area contributed by atoms with E-state index in [0.29, 0.717) is 0 Å². The molecule has 0 heterocycles. The maximum Gasteiger partial charge on any atom is 0.319 e. The Balaban J connectivity index is 0. The van der Waals surface area contributed by atoms with Crippen molar-refractivity contribution in [2.45, 2.75) is 13.8 Å². The minimum Gasteiger partial charge on any atom is -1.00 e. The van der Waals surface area contributed by atoms with Crippen LogP contribution < -0.4 is 34.6 Å². The van der Waals surface area contributed by atoms with Crippen LogP contribution in [0.1, 0.15) is 13.8 Å². The first-order valence-electron chi connectivity index (χ1n) is 3.23. The van der Waals surface area contributed by atoms with Crippen molar-refractivity contribution in [1.82, 2.24) is 10.6 Å². The second kappa shape index (κ2) is 9.74. The third-order valence-corrected chi connectivity index (χ3v) is 1.58. The van der Waals surface area contributed by atoms with Gasteiger partial charge in [0.2, 0.25) is 11.4 Å². The Kier molecular flexibility index (Phi) is 13.0. The lowest BCUT2D eigenvalue weighted by atomic mass is 10.7. The van der Waals surface area contributed by atoms with Gasteiger partial charge in [-0.05, 0) is 0 Å². The second-order valence-corrected chi connectivity index (χ2v) is 2.41. The third-order valence-electron chi connectivity index (χ3n) is 0.879. The summed E-state index contributed by atoms with van der Waals surface area (Å²) in [5, 5.41) is 7.57. The molecule has 0 aliphatic heterocycles. The highest BCUT2D eigenvalue weighted by atomic mass is 127. The minimum absolute atomic E-state index is 0. The zero-order chi connectivity index (χ0) is 7.11. The Morgan fingerprint density at radius 2 is 1.60 bits per heavy atom. The summed E-state index contributed by atoms with van der Waals surface area (Å²) in [7, 11) is 0. The molecule has 0 fully saturated rings. The molecule has 0 saturated carbocycles. The zero-order valence-corrected chi connectivity index (χ0v) is 9.67. The van der Waals surface area contributed by atoms with E-state index in [1.807, 2.05) is 0 Å². The minimum atomic E-state index is 0. The summed E-state index contributed by atoms with van der Waals surface area (Å²) in [6, 6.07) is 0. The molecule has 0 unspecified atom stereocenters. The molecule has 0 aromatic heterocycles. The van der Waals surface area contributed by atoms with Crippen molar-refractivity contribution >= 4 is 16.5 Å². The SMILES string of the molecule is CCNC(NCC)=[S+]C.[I-]. The molecule has 10 heavy (non-hydrogen) atoms. The highest BCUT2D eigenvalue weighted by Gasteiger charge is 2.00. The fourth-order valence-electron chi connectivity index (χ4n) is 0.528. The number of hydrogen-bond acceptors (Lipinski definition) is 0. The standard InChI is InChI=1S/C6H15N2S.HI/c1-4-7-6(9-3)8-5-2;/h7-8H,4-5H2,1-3H3;1H/q+1;/p-1. The van der Waals surface area contributed by atoms with Gasteiger partial charge in [0.1, 0.15) is 0 Å². The van der Waals surface area contributed by atoms with E-state index in [-0.39, 0.29) is 24.0 Å². The lowest BCUT2D eigenvalue weighted by Crippen LogP contribution is -3.00. The maximum absolute atomic E-state index is 3.20. The van der Waals surface area contributed by atoms with Gasteiger partial charge in [-0.3, -0.25) is 0 Å². The zero-order valence-electron chi connectivity index (χ0n) is 6.70. The topological polar surface area (TPSA) is 24.1 Å². The van der Waals surface area contributed by atoms with Crippen LogP contribution in [-0.4, -0.2) is 24.5 Å². The van der Waals surface area contributed by atoms with E-state index < -0.39 is 0 Å². The van der Waals surface area contributed by atoms with E-state index in [9.17, 15) is 0 Å². The monoisotopic (exact) mass is 274 g/mol. The molecule has 0 aliphatic rings. The molecule has 62 valence electrons. The first-order valence-corrected chi connectivity index (χ1v) is 4.46. The third kappa shape index (κ3) is 6.85. The van der Waals surface area contributed by atoms with Crippen LogP contribution in [0.4, 0.5) is 0 Å². The number of hydrogen-bond donors (Lipinski definition) is 2. The molecule has 0 aliphatic carbocycles. The predicted octanol–water partition coefficient (Wildman–Crippen LogP) is -2.99. The number of nitrogens with one attached hydrogen (secondary N) is 2. The van der Waals surface area contributed by atoms with Crippen molar-refractivity contribution in [2.24, 2.45) is 0 Å². The lowest BCUT2D eigenvalue weighted by Gasteiger charge is -1.95. The molecule has 0 rings (SSSR count). The summed E-state index contributed by atoms with van der Waals surface area (Å²) >= 11 is 1.71. The fraction of sp³-hybridized carbons (Fsp3) is 0.833. The molecule has 2 N–H and O–H groups in total. The molecule has 2 nitrogen and oxygen atoms in total. The molecule has 0 spiro atoms. The first-order chi connectivity index (χ1) is 4.35. The Labute approximate surface area is 84.1 Å². The van der Waals surface area contributed by atoms with Crippen LogP contribution in [0, 0.1) is 0 Å². The van der Waals surface area contributed by atoms with Gasteiger partial charge in [-0.2, -0.15) is 0 Å². The van der Waals surface area contributed by atoms with Crippen LogP contribution in [0.5, 0.6) is 0 Å². The van der Waals surface area contributed by atoms with Crippen molar-refractivity contribution < 1.29 is 24.0 Å². The van der Waals surface area contributed by atoms with Gasteiger partial charge in [-0.1, -0.05) is 13.8 Å². The molecule has 0 radical (unpaired) electrons. The van der Waals surface area contributed by atoms with E-state index in [1.54, 1.807) is 11.4 Å². The molecule has 0 aromatic carbocycles. The average molecular weight is 274 g/mol. The van der Waals surface area contributed by atoms with Gasteiger partial charge in [0, 0.05) is 13.1 Å². The Hall–Kier alpha value is 0.740. The summed E-state index contributed by atoms with van der Waals surface area (Å²) < 4.78 is 0. The Bertz CT molecular complexity index is 87.7. The largest absolute Gasteiger partial charge is 1.00 e. The Morgan fingerprint density at radius 3 is 1.80 bits per heavy atom. The highest BCUT2D eigenvalue weighted by molar-refractivity contribution is 7.77. The quantitative estimate of drug-likeness (QED) is 0.319. The molecule has 0 amide bonds. The van der Waals surface area contributed by atoms with Gasteiger partial charge >= 0.3 is 5.11 Å². The average Bonchev–Trinajstić information content (AvgIpc) is 1.88. The van der Waals surface area contributed by atoms with E-state index in [2.05, 4.69) is 30.7 Å². The van der Waals surface area contributed by atoms with Crippen LogP contribution in [0.15, 0.2) is 0 Å². The van der Waals surface area contributed by atoms with Crippen molar-refractivity contribution in [3.63, 3.8) is 0 Å². The maximum atomic E-state index is 3.20. The van der Waals surface area contributed by atoms with Crippen LogP contribution in [0.2, 0.25) is 0 Å². The van der Waals surface area contributed by atoms with Crippen molar-refractivity contribution in [1.29, 1.82) is 0 Å². The molecule has 0 atom stereocenters. The first kappa shape index (κ1) is 13.3. The normalized spacial score (nSPS) is 8.30. The van der Waals surface area contributed by atoms with Crippen LogP contribution >= 0.6 is 0 Å². The van der Waals surface area contributed by atoms with Gasteiger partial charge in [0.15, 0.2) is 6.26 Å². The molecular weight excluding hydrogens is 259 g/mol. The summed E-state index contributed by atoms with van der Waals surface area (Å²) in [6.45, 7) is 6.16. The molecular formula is C6H15IN2S. The van der Waals surface area contributed by atoms with E-state index in [4.69, 9.17) is 0 Å². The molecule has 4 heteroatoms. The van der Waals surface area contributed by atoms with Gasteiger partial charge in [-0.25, -0.2) is 10.6 Å². The summed E-state index contributed by atoms with van der Waals surface area (Å²) in [6.07, 6.45) is 2.06. The van der Waals surface area contributed by atoms with Gasteiger partial charge < -0.3 is 24.0 Å². The van der Waals surface area contributed by atoms with Gasteiger partial charge in [0.25, 0.3) is 0 Å². The van der Waals surface area contributed by atoms with Crippen LogP contribution in [-0.2, 0) is 11.4 Å². The van der Waals surface area contributed by atoms with Crippen LogP contribution in [0.25, 0.3) is 0 Å². The van der Waals surface area contributed by atoms with Crippen molar-refractivity contribution in [3.05, 3.63) is 0 Å². The summed E-state index contributed by atoms with van der Waals surface area (Å²) in [5.74, 6) is 0. The fourth-order valence-corrected chi connectivity index (χ4v) is 1.11. The number of rotatable bonds is 2. The van der Waals surface area contributed by atoms with Gasteiger partial charge in [0.05, 0.1) is 0 Å². The van der Waals surface area contributed by atoms with Crippen molar-refractivity contribution in [2.75, 3.05) is 19.3 Å². The Morgan fingerprint density at radius 1 is 1.20 bits per heavy atom. The van der Waals surface area contributed by atoms with E-state index >= 15 is 0 Å². The predicted molar refractivity (Wildman–Crippen MR) is 45.6 cm³/mol. The highest BCUT2D eigenvalue weighted by Crippen LogP contribution is 1.61. The summed E-state index contributed by atoms with van der Waals surface area (Å²) in [5.41, 5.74) is 0. The molecule has 0 aromatic rings. The van der Waals surface area contributed by atoms with E-state index in [1.165, 1.54) is 5.11 Å². The van der Waals surface area contributed by atoms with E-state index in [0.717, 1.165) is 13.1 Å². The summed E-state index contributed by atoms with van der Waals surface area (Å²) in [4.78, 5) is 0. The molecule has 0 bridgehead atoms. The van der Waals surface area contributed by atoms with Gasteiger partial charge in [-0.15, -0.1) is 0 Å². The number of halogens is 1. The smallest absolute Gasteiger partial charge is 0.319 e. The van der Waals surface area contributed by atoms with Crippen molar-refractivity contribution in [3.8, 4) is 0 Å². The second-order valence-electron chi connectivity index (χ2n) is 1.59. The lowest BCUT2D eigenvalue weighted by molar-refractivity contribution is -0.00000216. The van der Waals surface area contributed by atoms with Crippen LogP contribution in [0.3, 0.4) is 0 Å². The molecule has 0 saturated heterocycles.